The van der Waals surface area contributed by atoms with E-state index in [-0.39, 0.29) is 11.9 Å². The van der Waals surface area contributed by atoms with E-state index in [1.807, 2.05) is 29.2 Å². The van der Waals surface area contributed by atoms with Gasteiger partial charge >= 0.3 is 0 Å². The highest BCUT2D eigenvalue weighted by atomic mass is 16.5. The lowest BCUT2D eigenvalue weighted by Crippen LogP contribution is -2.35. The molecule has 2 saturated heterocycles. The zero-order valence-electron chi connectivity index (χ0n) is 15.1. The third-order valence-electron chi connectivity index (χ3n) is 5.56. The molecule has 6 heteroatoms. The molecule has 2 aliphatic rings. The lowest BCUT2D eigenvalue weighted by molar-refractivity contribution is 0.0714. The summed E-state index contributed by atoms with van der Waals surface area (Å²) in [6, 6.07) is 11.8. The van der Waals surface area contributed by atoms with E-state index in [1.54, 1.807) is 20.4 Å². The molecule has 0 saturated carbocycles. The number of ether oxygens (including phenoxy) is 1. The Kier molecular flexibility index (Phi) is 4.51. The molecular weight excluding hydrogens is 328 g/mol. The van der Waals surface area contributed by atoms with Crippen LogP contribution in [0, 0.1) is 11.8 Å². The molecule has 0 bridgehead atoms. The van der Waals surface area contributed by atoms with Crippen LogP contribution in [0.2, 0.25) is 0 Å². The molecule has 6 nitrogen and oxygen atoms in total. The van der Waals surface area contributed by atoms with E-state index in [0.29, 0.717) is 23.2 Å². The summed E-state index contributed by atoms with van der Waals surface area (Å²) in [5.74, 6) is 2.41. The Morgan fingerprint density at radius 2 is 2.08 bits per heavy atom. The number of rotatable bonds is 4. The van der Waals surface area contributed by atoms with Crippen molar-refractivity contribution in [3.8, 4) is 5.75 Å². The second kappa shape index (κ2) is 6.96. The second-order valence-electron chi connectivity index (χ2n) is 6.91. The molecule has 0 radical (unpaired) electrons. The van der Waals surface area contributed by atoms with Crippen molar-refractivity contribution in [1.29, 1.82) is 0 Å². The zero-order valence-corrected chi connectivity index (χ0v) is 15.1. The number of carbonyl (C=O) groups is 1. The number of hydrogen-bond acceptors (Lipinski definition) is 5. The smallest absolute Gasteiger partial charge is 0.258 e. The summed E-state index contributed by atoms with van der Waals surface area (Å²) in [5.41, 5.74) is 1.78. The van der Waals surface area contributed by atoms with E-state index in [9.17, 15) is 4.79 Å². The molecule has 136 valence electrons. The molecule has 4 rings (SSSR count). The first kappa shape index (κ1) is 16.8. The van der Waals surface area contributed by atoms with Crippen molar-refractivity contribution in [1.82, 2.24) is 15.2 Å². The van der Waals surface area contributed by atoms with E-state index in [1.165, 1.54) is 0 Å². The number of amides is 1. The van der Waals surface area contributed by atoms with Gasteiger partial charge in [0.1, 0.15) is 11.6 Å². The van der Waals surface area contributed by atoms with Gasteiger partial charge < -0.3 is 20.3 Å². The van der Waals surface area contributed by atoms with E-state index in [2.05, 4.69) is 27.8 Å². The van der Waals surface area contributed by atoms with Gasteiger partial charge in [0.2, 0.25) is 0 Å². The van der Waals surface area contributed by atoms with Crippen LogP contribution >= 0.6 is 0 Å². The number of aromatic nitrogens is 1. The van der Waals surface area contributed by atoms with E-state index in [4.69, 9.17) is 4.74 Å². The molecule has 3 atom stereocenters. The minimum atomic E-state index is 0.0395. The van der Waals surface area contributed by atoms with Crippen LogP contribution in [-0.4, -0.2) is 49.6 Å². The van der Waals surface area contributed by atoms with Crippen LogP contribution < -0.4 is 15.4 Å². The van der Waals surface area contributed by atoms with Gasteiger partial charge in [-0.05, 0) is 35.7 Å². The van der Waals surface area contributed by atoms with E-state index >= 15 is 0 Å². The number of pyridine rings is 1. The zero-order chi connectivity index (χ0) is 18.1. The summed E-state index contributed by atoms with van der Waals surface area (Å²) in [6.07, 6.45) is 1.70. The van der Waals surface area contributed by atoms with Crippen molar-refractivity contribution in [2.75, 3.05) is 39.1 Å². The maximum Gasteiger partial charge on any atom is 0.258 e. The molecule has 0 unspecified atom stereocenters. The fraction of sp³-hybridized carbons (Fsp3) is 0.400. The number of nitrogens with zero attached hydrogens (tertiary/aromatic N) is 2. The molecule has 3 heterocycles. The van der Waals surface area contributed by atoms with Crippen LogP contribution in [0.1, 0.15) is 22.0 Å². The normalized spacial score (nSPS) is 24.4. The third kappa shape index (κ3) is 2.80. The molecule has 2 N–H and O–H groups in total. The van der Waals surface area contributed by atoms with Crippen molar-refractivity contribution in [2.24, 2.45) is 11.8 Å². The fourth-order valence-corrected chi connectivity index (χ4v) is 4.29. The van der Waals surface area contributed by atoms with Gasteiger partial charge in [-0.1, -0.05) is 12.1 Å². The van der Waals surface area contributed by atoms with Crippen LogP contribution in [-0.2, 0) is 0 Å². The van der Waals surface area contributed by atoms with E-state index in [0.717, 1.165) is 30.9 Å². The van der Waals surface area contributed by atoms with Crippen LogP contribution in [0.5, 0.6) is 5.75 Å². The van der Waals surface area contributed by atoms with Gasteiger partial charge in [-0.3, -0.25) is 4.79 Å². The van der Waals surface area contributed by atoms with Gasteiger partial charge in [0.05, 0.1) is 18.7 Å². The Morgan fingerprint density at radius 1 is 1.27 bits per heavy atom. The lowest BCUT2D eigenvalue weighted by Gasteiger charge is -2.29. The number of hydrogen-bond donors (Lipinski definition) is 2. The summed E-state index contributed by atoms with van der Waals surface area (Å²) in [7, 11) is 3.46. The van der Waals surface area contributed by atoms with Gasteiger partial charge in [-0.2, -0.15) is 0 Å². The molecule has 1 aromatic carbocycles. The minimum absolute atomic E-state index is 0.0395. The standard InChI is InChI=1S/C20H24N4O2/c1-21-19-16(4-3-9-23-19)20(25)24-12-14-10-22-11-17(14)18(24)13-5-7-15(26-2)8-6-13/h3-9,14,17-18,22H,10-12H2,1-2H3,(H,21,23)/t14-,17-,18+/m0/s1. The minimum Gasteiger partial charge on any atom is -0.497 e. The maximum absolute atomic E-state index is 13.4. The molecule has 26 heavy (non-hydrogen) atoms. The number of benzene rings is 1. The highest BCUT2D eigenvalue weighted by molar-refractivity contribution is 5.99. The Balaban J connectivity index is 1.70. The maximum atomic E-state index is 13.4. The highest BCUT2D eigenvalue weighted by Gasteiger charge is 2.47. The first-order valence-electron chi connectivity index (χ1n) is 9.01. The van der Waals surface area contributed by atoms with Gasteiger partial charge in [0.15, 0.2) is 0 Å². The number of likely N-dealkylation sites (tertiary alicyclic amines) is 1. The molecule has 0 aliphatic carbocycles. The summed E-state index contributed by atoms with van der Waals surface area (Å²) < 4.78 is 5.28. The molecule has 1 aromatic heterocycles. The topological polar surface area (TPSA) is 66.5 Å². The summed E-state index contributed by atoms with van der Waals surface area (Å²) in [4.78, 5) is 19.7. The Labute approximate surface area is 153 Å². The number of methoxy groups -OCH3 is 1. The van der Waals surface area contributed by atoms with Crippen LogP contribution in [0.3, 0.4) is 0 Å². The summed E-state index contributed by atoms with van der Waals surface area (Å²) in [5, 5.41) is 6.51. The summed E-state index contributed by atoms with van der Waals surface area (Å²) >= 11 is 0. The number of fused-ring (bicyclic) bond motifs is 1. The SMILES string of the molecule is CNc1ncccc1C(=O)N1C[C@@H]2CNC[C@@H]2[C@H]1c1ccc(OC)cc1. The average molecular weight is 352 g/mol. The first-order chi connectivity index (χ1) is 12.7. The lowest BCUT2D eigenvalue weighted by atomic mass is 9.89. The first-order valence-corrected chi connectivity index (χ1v) is 9.01. The van der Waals surface area contributed by atoms with Crippen LogP contribution in [0.15, 0.2) is 42.6 Å². The largest absolute Gasteiger partial charge is 0.497 e. The van der Waals surface area contributed by atoms with Gasteiger partial charge in [0.25, 0.3) is 5.91 Å². The highest BCUT2D eigenvalue weighted by Crippen LogP contribution is 2.43. The Hall–Kier alpha value is -2.60. The van der Waals surface area contributed by atoms with Crippen LogP contribution in [0.4, 0.5) is 5.82 Å². The second-order valence-corrected chi connectivity index (χ2v) is 6.91. The molecule has 2 aliphatic heterocycles. The third-order valence-corrected chi connectivity index (χ3v) is 5.56. The van der Waals surface area contributed by atoms with E-state index < -0.39 is 0 Å². The number of nitrogens with one attached hydrogen (secondary N) is 2. The summed E-state index contributed by atoms with van der Waals surface area (Å²) in [6.45, 7) is 2.68. The van der Waals surface area contributed by atoms with Crippen molar-refractivity contribution < 1.29 is 9.53 Å². The van der Waals surface area contributed by atoms with Crippen molar-refractivity contribution in [2.45, 2.75) is 6.04 Å². The number of anilines is 1. The monoisotopic (exact) mass is 352 g/mol. The van der Waals surface area contributed by atoms with Crippen molar-refractivity contribution >= 4 is 11.7 Å². The predicted molar refractivity (Wildman–Crippen MR) is 100 cm³/mol. The quantitative estimate of drug-likeness (QED) is 0.883. The van der Waals surface area contributed by atoms with Gasteiger partial charge in [-0.15, -0.1) is 0 Å². The molecule has 0 spiro atoms. The molecule has 1 amide bonds. The Morgan fingerprint density at radius 3 is 2.81 bits per heavy atom. The average Bonchev–Trinajstić information content (AvgIpc) is 3.28. The Bertz CT molecular complexity index is 793. The molecular formula is C20H24N4O2. The van der Waals surface area contributed by atoms with Gasteiger partial charge in [-0.25, -0.2) is 4.98 Å². The molecule has 2 aromatic rings. The fourth-order valence-electron chi connectivity index (χ4n) is 4.29. The number of carbonyl (C=O) groups excluding carboxylic acids is 1. The van der Waals surface area contributed by atoms with Crippen molar-refractivity contribution in [3.63, 3.8) is 0 Å². The van der Waals surface area contributed by atoms with Gasteiger partial charge in [0, 0.05) is 38.8 Å². The van der Waals surface area contributed by atoms with Crippen molar-refractivity contribution in [3.05, 3.63) is 53.7 Å². The predicted octanol–water partition coefficient (Wildman–Crippen LogP) is 2.16. The molecule has 2 fully saturated rings. The van der Waals surface area contributed by atoms with Crippen LogP contribution in [0.25, 0.3) is 0 Å².